The Morgan fingerprint density at radius 3 is 2.10 bits per heavy atom. The third-order valence-corrected chi connectivity index (χ3v) is 3.69. The van der Waals surface area contributed by atoms with Crippen molar-refractivity contribution in [3.63, 3.8) is 0 Å². The van der Waals surface area contributed by atoms with Gasteiger partial charge in [0.15, 0.2) is 0 Å². The van der Waals surface area contributed by atoms with E-state index in [2.05, 4.69) is 67.5 Å². The molecular weight excluding hydrogens is 258 g/mol. The Balaban J connectivity index is 2.25. The van der Waals surface area contributed by atoms with Gasteiger partial charge in [0.25, 0.3) is 0 Å². The zero-order valence-electron chi connectivity index (χ0n) is 12.6. The van der Waals surface area contributed by atoms with Crippen LogP contribution in [0.15, 0.2) is 48.5 Å². The van der Waals surface area contributed by atoms with E-state index >= 15 is 0 Å². The van der Waals surface area contributed by atoms with Gasteiger partial charge in [0.2, 0.25) is 0 Å². The number of hydrogen-bond acceptors (Lipinski definition) is 2. The van der Waals surface area contributed by atoms with Crippen LogP contribution in [0.1, 0.15) is 11.1 Å². The molecule has 0 saturated carbocycles. The molecule has 0 atom stereocenters. The van der Waals surface area contributed by atoms with Gasteiger partial charge in [-0.2, -0.15) is 5.10 Å². The number of hydrogen-bond donors (Lipinski definition) is 1. The lowest BCUT2D eigenvalue weighted by molar-refractivity contribution is 0.782. The van der Waals surface area contributed by atoms with E-state index in [4.69, 9.17) is 5.73 Å². The van der Waals surface area contributed by atoms with E-state index in [-0.39, 0.29) is 0 Å². The van der Waals surface area contributed by atoms with Gasteiger partial charge in [0.1, 0.15) is 11.5 Å². The highest BCUT2D eigenvalue weighted by atomic mass is 15.3. The van der Waals surface area contributed by atoms with Crippen molar-refractivity contribution in [1.29, 1.82) is 0 Å². The van der Waals surface area contributed by atoms with E-state index in [1.807, 2.05) is 7.05 Å². The van der Waals surface area contributed by atoms with Crippen molar-refractivity contribution in [1.82, 2.24) is 9.78 Å². The number of nitrogens with zero attached hydrogens (tertiary/aromatic N) is 2. The van der Waals surface area contributed by atoms with Crippen molar-refractivity contribution in [2.45, 2.75) is 13.8 Å². The van der Waals surface area contributed by atoms with Gasteiger partial charge in [-0.25, -0.2) is 0 Å². The van der Waals surface area contributed by atoms with Crippen molar-refractivity contribution in [3.8, 4) is 22.4 Å². The lowest BCUT2D eigenvalue weighted by atomic mass is 9.98. The second kappa shape index (κ2) is 5.09. The summed E-state index contributed by atoms with van der Waals surface area (Å²) in [5.41, 5.74) is 12.8. The molecule has 0 amide bonds. The Morgan fingerprint density at radius 2 is 1.48 bits per heavy atom. The van der Waals surface area contributed by atoms with Crippen LogP contribution in [0.2, 0.25) is 0 Å². The zero-order valence-corrected chi connectivity index (χ0v) is 12.6. The largest absolute Gasteiger partial charge is 0.383 e. The van der Waals surface area contributed by atoms with Crippen molar-refractivity contribution >= 4 is 5.82 Å². The molecule has 2 N–H and O–H groups in total. The van der Waals surface area contributed by atoms with Crippen LogP contribution in [-0.2, 0) is 7.05 Å². The predicted octanol–water partition coefficient (Wildman–Crippen LogP) is 3.95. The van der Waals surface area contributed by atoms with Gasteiger partial charge in [-0.15, -0.1) is 0 Å². The fourth-order valence-corrected chi connectivity index (χ4v) is 2.62. The second-order valence-electron chi connectivity index (χ2n) is 5.47. The van der Waals surface area contributed by atoms with Gasteiger partial charge < -0.3 is 5.73 Å². The Labute approximate surface area is 125 Å². The maximum atomic E-state index is 6.26. The number of aromatic nitrogens is 2. The molecule has 106 valence electrons. The highest BCUT2D eigenvalue weighted by molar-refractivity contribution is 5.88. The quantitative estimate of drug-likeness (QED) is 0.770. The summed E-state index contributed by atoms with van der Waals surface area (Å²) in [5, 5.41) is 4.62. The third-order valence-electron chi connectivity index (χ3n) is 3.69. The summed E-state index contributed by atoms with van der Waals surface area (Å²) >= 11 is 0. The summed E-state index contributed by atoms with van der Waals surface area (Å²) in [6.07, 6.45) is 0. The molecule has 0 aliphatic carbocycles. The summed E-state index contributed by atoms with van der Waals surface area (Å²) in [5.74, 6) is 0.692. The average molecular weight is 277 g/mol. The second-order valence-corrected chi connectivity index (χ2v) is 5.47. The first kappa shape index (κ1) is 13.4. The van der Waals surface area contributed by atoms with Crippen LogP contribution >= 0.6 is 0 Å². The summed E-state index contributed by atoms with van der Waals surface area (Å²) in [7, 11) is 1.88. The van der Waals surface area contributed by atoms with Crippen LogP contribution in [0.4, 0.5) is 5.82 Å². The Hall–Kier alpha value is -2.55. The first-order valence-electron chi connectivity index (χ1n) is 7.03. The smallest absolute Gasteiger partial charge is 0.129 e. The minimum Gasteiger partial charge on any atom is -0.383 e. The average Bonchev–Trinajstić information content (AvgIpc) is 2.75. The molecule has 0 fully saturated rings. The van der Waals surface area contributed by atoms with E-state index in [1.165, 1.54) is 11.1 Å². The molecule has 1 heterocycles. The molecule has 0 saturated heterocycles. The Kier molecular flexibility index (Phi) is 3.26. The van der Waals surface area contributed by atoms with E-state index in [1.54, 1.807) is 4.68 Å². The van der Waals surface area contributed by atoms with Crippen LogP contribution < -0.4 is 5.73 Å². The van der Waals surface area contributed by atoms with Gasteiger partial charge in [0.05, 0.1) is 5.56 Å². The molecule has 0 unspecified atom stereocenters. The highest BCUT2D eigenvalue weighted by Gasteiger charge is 2.17. The maximum Gasteiger partial charge on any atom is 0.129 e. The number of nitrogens with two attached hydrogens (primary N) is 1. The van der Waals surface area contributed by atoms with Gasteiger partial charge in [-0.1, -0.05) is 53.6 Å². The SMILES string of the molecule is Cc1cccc(-c2nn(C)c(N)c2-c2cccc(C)c2)c1. The number of rotatable bonds is 2. The molecule has 3 aromatic rings. The summed E-state index contributed by atoms with van der Waals surface area (Å²) < 4.78 is 1.75. The zero-order chi connectivity index (χ0) is 15.0. The van der Waals surface area contributed by atoms with Crippen LogP contribution in [-0.4, -0.2) is 9.78 Å². The molecule has 21 heavy (non-hydrogen) atoms. The monoisotopic (exact) mass is 277 g/mol. The molecule has 0 aliphatic heterocycles. The van der Waals surface area contributed by atoms with Gasteiger partial charge in [-0.3, -0.25) is 4.68 Å². The number of nitrogen functional groups attached to an aromatic ring is 1. The first-order valence-corrected chi connectivity index (χ1v) is 7.03. The molecule has 0 spiro atoms. The van der Waals surface area contributed by atoms with Crippen LogP contribution in [0.25, 0.3) is 22.4 Å². The fraction of sp³-hybridized carbons (Fsp3) is 0.167. The predicted molar refractivity (Wildman–Crippen MR) is 88.0 cm³/mol. The first-order chi connectivity index (χ1) is 10.1. The lowest BCUT2D eigenvalue weighted by Gasteiger charge is -2.06. The van der Waals surface area contributed by atoms with Crippen LogP contribution in [0.3, 0.4) is 0 Å². The van der Waals surface area contributed by atoms with Gasteiger partial charge in [0, 0.05) is 12.6 Å². The lowest BCUT2D eigenvalue weighted by Crippen LogP contribution is -1.98. The fourth-order valence-electron chi connectivity index (χ4n) is 2.62. The molecule has 3 rings (SSSR count). The molecule has 2 aromatic carbocycles. The summed E-state index contributed by atoms with van der Waals surface area (Å²) in [6.45, 7) is 4.17. The van der Waals surface area contributed by atoms with Crippen molar-refractivity contribution in [2.24, 2.45) is 7.05 Å². The third kappa shape index (κ3) is 2.42. The molecular formula is C18H19N3. The molecule has 0 bridgehead atoms. The molecule has 1 aromatic heterocycles. The number of anilines is 1. The maximum absolute atomic E-state index is 6.26. The van der Waals surface area contributed by atoms with Crippen molar-refractivity contribution < 1.29 is 0 Å². The van der Waals surface area contributed by atoms with E-state index in [9.17, 15) is 0 Å². The minimum atomic E-state index is 0.692. The molecule has 3 nitrogen and oxygen atoms in total. The van der Waals surface area contributed by atoms with E-state index in [0.29, 0.717) is 5.82 Å². The standard InChI is InChI=1S/C18H19N3/c1-12-6-4-8-14(10-12)16-17(20-21(3)18(16)19)15-9-5-7-13(2)11-15/h4-11H,19H2,1-3H3. The van der Waals surface area contributed by atoms with Gasteiger partial charge in [-0.05, 0) is 25.5 Å². The minimum absolute atomic E-state index is 0.692. The molecule has 0 aliphatic rings. The van der Waals surface area contributed by atoms with E-state index < -0.39 is 0 Å². The Morgan fingerprint density at radius 1 is 0.905 bits per heavy atom. The van der Waals surface area contributed by atoms with E-state index in [0.717, 1.165) is 22.4 Å². The van der Waals surface area contributed by atoms with Crippen molar-refractivity contribution in [3.05, 3.63) is 59.7 Å². The summed E-state index contributed by atoms with van der Waals surface area (Å²) in [6, 6.07) is 16.7. The topological polar surface area (TPSA) is 43.8 Å². The van der Waals surface area contributed by atoms with Gasteiger partial charge >= 0.3 is 0 Å². The molecule has 3 heteroatoms. The number of aryl methyl sites for hydroxylation is 3. The number of benzene rings is 2. The molecule has 0 radical (unpaired) electrons. The van der Waals surface area contributed by atoms with Crippen LogP contribution in [0.5, 0.6) is 0 Å². The highest BCUT2D eigenvalue weighted by Crippen LogP contribution is 2.36. The van der Waals surface area contributed by atoms with Crippen molar-refractivity contribution in [2.75, 3.05) is 5.73 Å². The Bertz CT molecular complexity index is 800. The summed E-state index contributed by atoms with van der Waals surface area (Å²) in [4.78, 5) is 0. The normalized spacial score (nSPS) is 10.8. The van der Waals surface area contributed by atoms with Crippen LogP contribution in [0, 0.1) is 13.8 Å².